The summed E-state index contributed by atoms with van der Waals surface area (Å²) in [6.07, 6.45) is 4.69. The Labute approximate surface area is 138 Å². The topological polar surface area (TPSA) is 46.2 Å². The SMILES string of the molecule is Cc1ccccc1S(=O)(=O)NC1(Cc2ccccc2)CCCC1. The molecular weight excluding hydrogens is 306 g/mol. The van der Waals surface area contributed by atoms with Crippen LogP contribution in [0.4, 0.5) is 0 Å². The lowest BCUT2D eigenvalue weighted by atomic mass is 9.90. The van der Waals surface area contributed by atoms with Crippen molar-refractivity contribution >= 4 is 10.0 Å². The molecule has 1 aliphatic rings. The van der Waals surface area contributed by atoms with Gasteiger partial charge < -0.3 is 0 Å². The molecule has 0 spiro atoms. The highest BCUT2D eigenvalue weighted by Gasteiger charge is 2.38. The van der Waals surface area contributed by atoms with E-state index >= 15 is 0 Å². The third kappa shape index (κ3) is 3.65. The number of nitrogens with one attached hydrogen (secondary N) is 1. The van der Waals surface area contributed by atoms with Crippen molar-refractivity contribution in [1.82, 2.24) is 4.72 Å². The minimum atomic E-state index is -3.50. The number of aryl methyl sites for hydroxylation is 1. The molecule has 2 aromatic carbocycles. The first-order valence-corrected chi connectivity index (χ1v) is 9.63. The lowest BCUT2D eigenvalue weighted by Crippen LogP contribution is -2.48. The van der Waals surface area contributed by atoms with Crippen molar-refractivity contribution in [2.75, 3.05) is 0 Å². The number of rotatable bonds is 5. The minimum Gasteiger partial charge on any atom is -0.207 e. The Morgan fingerprint density at radius 1 is 0.957 bits per heavy atom. The quantitative estimate of drug-likeness (QED) is 0.906. The van der Waals surface area contributed by atoms with Gasteiger partial charge in [0.1, 0.15) is 0 Å². The second kappa shape index (κ2) is 6.46. The van der Waals surface area contributed by atoms with Crippen LogP contribution in [0.1, 0.15) is 36.8 Å². The van der Waals surface area contributed by atoms with Crippen molar-refractivity contribution in [1.29, 1.82) is 0 Å². The van der Waals surface area contributed by atoms with E-state index in [9.17, 15) is 8.42 Å². The molecule has 23 heavy (non-hydrogen) atoms. The summed E-state index contributed by atoms with van der Waals surface area (Å²) < 4.78 is 28.8. The van der Waals surface area contributed by atoms with Gasteiger partial charge in [0.25, 0.3) is 0 Å². The molecular formula is C19H23NO2S. The number of hydrogen-bond acceptors (Lipinski definition) is 2. The minimum absolute atomic E-state index is 0.359. The lowest BCUT2D eigenvalue weighted by molar-refractivity contribution is 0.386. The van der Waals surface area contributed by atoms with Crippen LogP contribution in [0.3, 0.4) is 0 Å². The molecule has 0 heterocycles. The van der Waals surface area contributed by atoms with E-state index in [1.807, 2.05) is 37.3 Å². The van der Waals surface area contributed by atoms with E-state index in [1.165, 1.54) is 5.56 Å². The van der Waals surface area contributed by atoms with E-state index in [0.717, 1.165) is 37.7 Å². The maximum absolute atomic E-state index is 12.9. The molecule has 0 aliphatic heterocycles. The molecule has 1 fully saturated rings. The van der Waals surface area contributed by atoms with Crippen LogP contribution < -0.4 is 4.72 Å². The molecule has 3 rings (SSSR count). The van der Waals surface area contributed by atoms with Gasteiger partial charge >= 0.3 is 0 Å². The van der Waals surface area contributed by atoms with Crippen molar-refractivity contribution < 1.29 is 8.42 Å². The van der Waals surface area contributed by atoms with Crippen LogP contribution in [0.25, 0.3) is 0 Å². The van der Waals surface area contributed by atoms with Gasteiger partial charge in [-0.2, -0.15) is 0 Å². The summed E-state index contributed by atoms with van der Waals surface area (Å²) in [5.41, 5.74) is 1.61. The predicted molar refractivity (Wildman–Crippen MR) is 92.8 cm³/mol. The number of benzene rings is 2. The largest absolute Gasteiger partial charge is 0.241 e. The van der Waals surface area contributed by atoms with Crippen molar-refractivity contribution in [2.24, 2.45) is 0 Å². The van der Waals surface area contributed by atoms with E-state index in [-0.39, 0.29) is 5.54 Å². The van der Waals surface area contributed by atoms with E-state index in [4.69, 9.17) is 0 Å². The smallest absolute Gasteiger partial charge is 0.207 e. The van der Waals surface area contributed by atoms with Crippen LogP contribution in [0, 0.1) is 6.92 Å². The van der Waals surface area contributed by atoms with Gasteiger partial charge in [-0.05, 0) is 43.4 Å². The summed E-state index contributed by atoms with van der Waals surface area (Å²) in [5, 5.41) is 0. The Morgan fingerprint density at radius 3 is 2.22 bits per heavy atom. The van der Waals surface area contributed by atoms with Gasteiger partial charge in [-0.25, -0.2) is 13.1 Å². The van der Waals surface area contributed by atoms with Gasteiger partial charge in [-0.1, -0.05) is 61.4 Å². The fraction of sp³-hybridized carbons (Fsp3) is 0.368. The first kappa shape index (κ1) is 16.2. The van der Waals surface area contributed by atoms with E-state index in [2.05, 4.69) is 16.9 Å². The highest BCUT2D eigenvalue weighted by atomic mass is 32.2. The van der Waals surface area contributed by atoms with Crippen LogP contribution in [0.5, 0.6) is 0 Å². The summed E-state index contributed by atoms with van der Waals surface area (Å²) in [4.78, 5) is 0.388. The normalized spacial score (nSPS) is 17.3. The Kier molecular flexibility index (Phi) is 4.55. The van der Waals surface area contributed by atoms with E-state index in [1.54, 1.807) is 12.1 Å². The van der Waals surface area contributed by atoms with Crippen molar-refractivity contribution in [3.05, 3.63) is 65.7 Å². The molecule has 0 aromatic heterocycles. The molecule has 0 amide bonds. The maximum atomic E-state index is 12.9. The zero-order valence-electron chi connectivity index (χ0n) is 13.5. The summed E-state index contributed by atoms with van der Waals surface area (Å²) in [5.74, 6) is 0. The highest BCUT2D eigenvalue weighted by molar-refractivity contribution is 7.89. The van der Waals surface area contributed by atoms with Crippen molar-refractivity contribution in [2.45, 2.75) is 49.5 Å². The lowest BCUT2D eigenvalue weighted by Gasteiger charge is -2.30. The third-order valence-electron chi connectivity index (χ3n) is 4.68. The molecule has 2 aromatic rings. The first-order chi connectivity index (χ1) is 11.0. The van der Waals surface area contributed by atoms with Gasteiger partial charge in [-0.15, -0.1) is 0 Å². The fourth-order valence-corrected chi connectivity index (χ4v) is 5.26. The molecule has 0 radical (unpaired) electrons. The van der Waals surface area contributed by atoms with Crippen molar-refractivity contribution in [3.63, 3.8) is 0 Å². The molecule has 0 bridgehead atoms. The predicted octanol–water partition coefficient (Wildman–Crippen LogP) is 3.83. The van der Waals surface area contributed by atoms with Crippen LogP contribution in [0.2, 0.25) is 0 Å². The fourth-order valence-electron chi connectivity index (χ4n) is 3.55. The molecule has 0 saturated heterocycles. The second-order valence-electron chi connectivity index (χ2n) is 6.52. The summed E-state index contributed by atoms with van der Waals surface area (Å²) >= 11 is 0. The van der Waals surface area contributed by atoms with Crippen LogP contribution in [0.15, 0.2) is 59.5 Å². The van der Waals surface area contributed by atoms with Gasteiger partial charge in [0, 0.05) is 5.54 Å². The average Bonchev–Trinajstić information content (AvgIpc) is 2.95. The molecule has 122 valence electrons. The van der Waals surface area contributed by atoms with Crippen LogP contribution in [-0.4, -0.2) is 14.0 Å². The van der Waals surface area contributed by atoms with Gasteiger partial charge in [0.05, 0.1) is 4.90 Å². The molecule has 0 atom stereocenters. The number of hydrogen-bond donors (Lipinski definition) is 1. The zero-order valence-corrected chi connectivity index (χ0v) is 14.3. The molecule has 1 saturated carbocycles. The Bertz CT molecular complexity index is 763. The van der Waals surface area contributed by atoms with Crippen LogP contribution in [-0.2, 0) is 16.4 Å². The summed E-state index contributed by atoms with van der Waals surface area (Å²) in [7, 11) is -3.50. The standard InChI is InChI=1S/C19H23NO2S/c1-16-9-5-6-12-18(16)23(21,22)20-19(13-7-8-14-19)15-17-10-3-2-4-11-17/h2-6,9-12,20H,7-8,13-15H2,1H3. The Balaban J connectivity index is 1.89. The van der Waals surface area contributed by atoms with Crippen molar-refractivity contribution in [3.8, 4) is 0 Å². The molecule has 1 aliphatic carbocycles. The third-order valence-corrected chi connectivity index (χ3v) is 6.42. The Hall–Kier alpha value is -1.65. The first-order valence-electron chi connectivity index (χ1n) is 8.14. The zero-order chi connectivity index (χ0) is 16.3. The van der Waals surface area contributed by atoms with Gasteiger partial charge in [0.15, 0.2) is 0 Å². The molecule has 4 heteroatoms. The van der Waals surface area contributed by atoms with E-state index < -0.39 is 10.0 Å². The van der Waals surface area contributed by atoms with E-state index in [0.29, 0.717) is 4.90 Å². The molecule has 3 nitrogen and oxygen atoms in total. The second-order valence-corrected chi connectivity index (χ2v) is 8.17. The monoisotopic (exact) mass is 329 g/mol. The molecule has 1 N–H and O–H groups in total. The average molecular weight is 329 g/mol. The maximum Gasteiger partial charge on any atom is 0.241 e. The number of sulfonamides is 1. The van der Waals surface area contributed by atoms with Crippen LogP contribution >= 0.6 is 0 Å². The molecule has 0 unspecified atom stereocenters. The highest BCUT2D eigenvalue weighted by Crippen LogP contribution is 2.34. The Morgan fingerprint density at radius 2 is 1.57 bits per heavy atom. The summed E-state index contributed by atoms with van der Waals surface area (Å²) in [6.45, 7) is 1.84. The van der Waals surface area contributed by atoms with Gasteiger partial charge in [0.2, 0.25) is 10.0 Å². The van der Waals surface area contributed by atoms with Gasteiger partial charge in [-0.3, -0.25) is 0 Å². The summed E-state index contributed by atoms with van der Waals surface area (Å²) in [6, 6.07) is 17.3.